The lowest BCUT2D eigenvalue weighted by Gasteiger charge is -2.30. The van der Waals surface area contributed by atoms with Crippen LogP contribution in [0.4, 0.5) is 11.4 Å². The number of amides is 1. The summed E-state index contributed by atoms with van der Waals surface area (Å²) >= 11 is 0. The van der Waals surface area contributed by atoms with Crippen LogP contribution in [0.2, 0.25) is 0 Å². The number of para-hydroxylation sites is 1. The Hall–Kier alpha value is -2.34. The van der Waals surface area contributed by atoms with Gasteiger partial charge in [-0.1, -0.05) is 18.2 Å². The van der Waals surface area contributed by atoms with E-state index in [1.165, 1.54) is 9.87 Å². The standard InChI is InChI=1S/C21H24N2O3S/c1-15-13-18(9-10-19(15)22-11-5-6-12-27(22,25)26)21(24)23-16(2)14-17-7-3-4-8-20(17)23/h3-4,7-10,13,16H,5-6,11-12,14H2,1-2H3/t16-/m0/s1. The van der Waals surface area contributed by atoms with Crippen molar-refractivity contribution in [2.75, 3.05) is 21.5 Å². The smallest absolute Gasteiger partial charge is 0.258 e. The molecule has 0 saturated carbocycles. The Morgan fingerprint density at radius 3 is 2.59 bits per heavy atom. The maximum atomic E-state index is 13.2. The van der Waals surface area contributed by atoms with Crippen molar-refractivity contribution in [3.05, 3.63) is 59.2 Å². The van der Waals surface area contributed by atoms with E-state index in [2.05, 4.69) is 13.0 Å². The molecule has 27 heavy (non-hydrogen) atoms. The van der Waals surface area contributed by atoms with E-state index in [1.807, 2.05) is 36.1 Å². The van der Waals surface area contributed by atoms with Gasteiger partial charge in [0.05, 0.1) is 11.4 Å². The number of rotatable bonds is 2. The van der Waals surface area contributed by atoms with Crippen molar-refractivity contribution in [3.63, 3.8) is 0 Å². The van der Waals surface area contributed by atoms with E-state index < -0.39 is 10.0 Å². The molecule has 0 N–H and O–H groups in total. The summed E-state index contributed by atoms with van der Waals surface area (Å²) in [6, 6.07) is 13.4. The van der Waals surface area contributed by atoms with Gasteiger partial charge in [0.1, 0.15) is 0 Å². The van der Waals surface area contributed by atoms with Gasteiger partial charge in [0.15, 0.2) is 0 Å². The molecule has 0 aromatic heterocycles. The number of aryl methyl sites for hydroxylation is 1. The molecule has 2 aliphatic heterocycles. The van der Waals surface area contributed by atoms with Crippen LogP contribution in [0.1, 0.15) is 41.3 Å². The van der Waals surface area contributed by atoms with E-state index in [9.17, 15) is 13.2 Å². The van der Waals surface area contributed by atoms with Crippen molar-refractivity contribution in [3.8, 4) is 0 Å². The monoisotopic (exact) mass is 384 g/mol. The summed E-state index contributed by atoms with van der Waals surface area (Å²) in [4.78, 5) is 15.0. The van der Waals surface area contributed by atoms with Crippen LogP contribution in [0, 0.1) is 6.92 Å². The first-order valence-corrected chi connectivity index (χ1v) is 11.0. The van der Waals surface area contributed by atoms with Crippen molar-refractivity contribution < 1.29 is 13.2 Å². The molecule has 0 bridgehead atoms. The molecule has 0 unspecified atom stereocenters. The van der Waals surface area contributed by atoms with Gasteiger partial charge in [0.2, 0.25) is 10.0 Å². The lowest BCUT2D eigenvalue weighted by Crippen LogP contribution is -2.38. The average Bonchev–Trinajstić information content (AvgIpc) is 2.97. The molecule has 1 fully saturated rings. The van der Waals surface area contributed by atoms with Crippen molar-refractivity contribution in [2.24, 2.45) is 0 Å². The minimum Gasteiger partial charge on any atom is -0.305 e. The lowest BCUT2D eigenvalue weighted by molar-refractivity contribution is 0.0981. The Kier molecular flexibility index (Phi) is 4.46. The van der Waals surface area contributed by atoms with Gasteiger partial charge in [-0.3, -0.25) is 9.10 Å². The molecule has 2 aromatic rings. The van der Waals surface area contributed by atoms with Crippen LogP contribution in [-0.4, -0.2) is 32.7 Å². The summed E-state index contributed by atoms with van der Waals surface area (Å²) in [6.07, 6.45) is 2.42. The van der Waals surface area contributed by atoms with Gasteiger partial charge in [-0.05, 0) is 68.5 Å². The van der Waals surface area contributed by atoms with E-state index in [4.69, 9.17) is 0 Å². The van der Waals surface area contributed by atoms with E-state index >= 15 is 0 Å². The molecule has 2 heterocycles. The molecule has 2 aromatic carbocycles. The predicted molar refractivity (Wildman–Crippen MR) is 108 cm³/mol. The van der Waals surface area contributed by atoms with Gasteiger partial charge in [0, 0.05) is 23.8 Å². The minimum atomic E-state index is -3.26. The summed E-state index contributed by atoms with van der Waals surface area (Å²) in [5, 5.41) is 0. The second-order valence-corrected chi connectivity index (χ2v) is 9.47. The van der Waals surface area contributed by atoms with Crippen molar-refractivity contribution in [2.45, 2.75) is 39.2 Å². The van der Waals surface area contributed by atoms with Crippen molar-refractivity contribution in [1.82, 2.24) is 0 Å². The molecule has 0 aliphatic carbocycles. The first-order valence-electron chi connectivity index (χ1n) is 9.41. The number of fused-ring (bicyclic) bond motifs is 1. The van der Waals surface area contributed by atoms with Gasteiger partial charge in [-0.2, -0.15) is 0 Å². The van der Waals surface area contributed by atoms with E-state index in [1.54, 1.807) is 12.1 Å². The van der Waals surface area contributed by atoms with Crippen molar-refractivity contribution in [1.29, 1.82) is 0 Å². The predicted octanol–water partition coefficient (Wildman–Crippen LogP) is 3.52. The topological polar surface area (TPSA) is 57.7 Å². The van der Waals surface area contributed by atoms with Crippen LogP contribution in [-0.2, 0) is 16.4 Å². The molecule has 0 radical (unpaired) electrons. The number of benzene rings is 2. The normalized spacial score (nSPS) is 21.2. The van der Waals surface area contributed by atoms with Crippen LogP contribution in [0.3, 0.4) is 0 Å². The number of carbonyl (C=O) groups excluding carboxylic acids is 1. The van der Waals surface area contributed by atoms with E-state index in [-0.39, 0.29) is 17.7 Å². The molecule has 4 rings (SSSR count). The minimum absolute atomic E-state index is 0.0383. The van der Waals surface area contributed by atoms with Crippen LogP contribution in [0.25, 0.3) is 0 Å². The Labute approximate surface area is 160 Å². The maximum Gasteiger partial charge on any atom is 0.258 e. The summed E-state index contributed by atoms with van der Waals surface area (Å²) < 4.78 is 26.3. The van der Waals surface area contributed by atoms with Crippen LogP contribution >= 0.6 is 0 Å². The van der Waals surface area contributed by atoms with Crippen LogP contribution in [0.15, 0.2) is 42.5 Å². The van der Waals surface area contributed by atoms with Gasteiger partial charge in [-0.25, -0.2) is 8.42 Å². The molecule has 1 atom stereocenters. The highest BCUT2D eigenvalue weighted by Crippen LogP contribution is 2.34. The fourth-order valence-corrected chi connectivity index (χ4v) is 5.84. The number of sulfonamides is 1. The quantitative estimate of drug-likeness (QED) is 0.796. The molecule has 142 valence electrons. The van der Waals surface area contributed by atoms with E-state index in [0.717, 1.165) is 24.1 Å². The summed E-state index contributed by atoms with van der Waals surface area (Å²) in [6.45, 7) is 4.43. The zero-order valence-electron chi connectivity index (χ0n) is 15.7. The lowest BCUT2D eigenvalue weighted by atomic mass is 10.1. The van der Waals surface area contributed by atoms with E-state index in [0.29, 0.717) is 24.2 Å². The number of carbonyl (C=O) groups is 1. The Morgan fingerprint density at radius 2 is 1.85 bits per heavy atom. The summed E-state index contributed by atoms with van der Waals surface area (Å²) in [5.74, 6) is 0.151. The second-order valence-electron chi connectivity index (χ2n) is 7.45. The number of anilines is 2. The molecule has 0 spiro atoms. The highest BCUT2D eigenvalue weighted by molar-refractivity contribution is 7.92. The number of nitrogens with zero attached hydrogens (tertiary/aromatic N) is 2. The Balaban J connectivity index is 1.66. The molecule has 1 saturated heterocycles. The van der Waals surface area contributed by atoms with Gasteiger partial charge >= 0.3 is 0 Å². The first-order chi connectivity index (χ1) is 12.9. The molecule has 6 heteroatoms. The zero-order chi connectivity index (χ0) is 19.2. The summed E-state index contributed by atoms with van der Waals surface area (Å²) in [5.41, 5.74) is 4.24. The first kappa shape index (κ1) is 18.0. The third-order valence-electron chi connectivity index (χ3n) is 5.49. The zero-order valence-corrected chi connectivity index (χ0v) is 16.5. The third kappa shape index (κ3) is 3.12. The van der Waals surface area contributed by atoms with Crippen LogP contribution < -0.4 is 9.21 Å². The highest BCUT2D eigenvalue weighted by atomic mass is 32.2. The van der Waals surface area contributed by atoms with Crippen molar-refractivity contribution >= 4 is 27.3 Å². The third-order valence-corrected chi connectivity index (χ3v) is 7.34. The molecule has 1 amide bonds. The van der Waals surface area contributed by atoms with Gasteiger partial charge in [-0.15, -0.1) is 0 Å². The fourth-order valence-electron chi connectivity index (χ4n) is 4.14. The Bertz CT molecular complexity index is 1000. The maximum absolute atomic E-state index is 13.2. The molecular weight excluding hydrogens is 360 g/mol. The Morgan fingerprint density at radius 1 is 1.07 bits per heavy atom. The summed E-state index contributed by atoms with van der Waals surface area (Å²) in [7, 11) is -3.26. The number of hydrogen-bond donors (Lipinski definition) is 0. The highest BCUT2D eigenvalue weighted by Gasteiger charge is 2.32. The number of hydrogen-bond acceptors (Lipinski definition) is 3. The average molecular weight is 385 g/mol. The SMILES string of the molecule is Cc1cc(C(=O)N2c3ccccc3C[C@@H]2C)ccc1N1CCCCS1(=O)=O. The van der Waals surface area contributed by atoms with Crippen LogP contribution in [0.5, 0.6) is 0 Å². The second kappa shape index (κ2) is 6.68. The van der Waals surface area contributed by atoms with Gasteiger partial charge < -0.3 is 4.90 Å². The largest absolute Gasteiger partial charge is 0.305 e. The molecule has 5 nitrogen and oxygen atoms in total. The molecule has 2 aliphatic rings. The van der Waals surface area contributed by atoms with Gasteiger partial charge in [0.25, 0.3) is 5.91 Å². The fraction of sp³-hybridized carbons (Fsp3) is 0.381. The molecular formula is C21H24N2O3S.